The molecule has 2 atom stereocenters. The molecule has 1 aliphatic rings. The van der Waals surface area contributed by atoms with Gasteiger partial charge in [0.1, 0.15) is 0 Å². The summed E-state index contributed by atoms with van der Waals surface area (Å²) in [6.07, 6.45) is 4.50. The first-order valence-electron chi connectivity index (χ1n) is 8.06. The molecular formula is C16H34N2O. The third-order valence-corrected chi connectivity index (χ3v) is 4.04. The Morgan fingerprint density at radius 1 is 1.42 bits per heavy atom. The topological polar surface area (TPSA) is 35.5 Å². The summed E-state index contributed by atoms with van der Waals surface area (Å²) in [5.74, 6) is 0.711. The summed E-state index contributed by atoms with van der Waals surface area (Å²) in [5.41, 5.74) is 0.334. The lowest BCUT2D eigenvalue weighted by Gasteiger charge is -2.39. The molecule has 114 valence electrons. The van der Waals surface area contributed by atoms with Crippen molar-refractivity contribution in [3.8, 4) is 0 Å². The SMILES string of the molecule is CCCC(C)(CNCC(C)C)CN1CCCC(O)C1. The lowest BCUT2D eigenvalue weighted by Crippen LogP contribution is -2.47. The Balaban J connectivity index is 2.44. The summed E-state index contributed by atoms with van der Waals surface area (Å²) in [6.45, 7) is 14.5. The van der Waals surface area contributed by atoms with Crippen molar-refractivity contribution in [3.05, 3.63) is 0 Å². The van der Waals surface area contributed by atoms with Gasteiger partial charge in [-0.2, -0.15) is 0 Å². The fourth-order valence-electron chi connectivity index (χ4n) is 3.20. The van der Waals surface area contributed by atoms with Crippen molar-refractivity contribution in [2.75, 3.05) is 32.7 Å². The monoisotopic (exact) mass is 270 g/mol. The van der Waals surface area contributed by atoms with Crippen LogP contribution >= 0.6 is 0 Å². The Kier molecular flexibility index (Phi) is 7.33. The predicted molar refractivity (Wildman–Crippen MR) is 82.4 cm³/mol. The van der Waals surface area contributed by atoms with Gasteiger partial charge in [0.05, 0.1) is 6.10 Å². The number of piperidine rings is 1. The molecular weight excluding hydrogens is 236 g/mol. The van der Waals surface area contributed by atoms with Gasteiger partial charge in [0.25, 0.3) is 0 Å². The van der Waals surface area contributed by atoms with E-state index in [0.717, 1.165) is 45.6 Å². The lowest BCUT2D eigenvalue weighted by atomic mass is 9.84. The van der Waals surface area contributed by atoms with Crippen LogP contribution in [0.3, 0.4) is 0 Å². The second-order valence-corrected chi connectivity index (χ2v) is 7.12. The summed E-state index contributed by atoms with van der Waals surface area (Å²) in [6, 6.07) is 0. The van der Waals surface area contributed by atoms with Crippen LogP contribution in [0.4, 0.5) is 0 Å². The van der Waals surface area contributed by atoms with Gasteiger partial charge in [-0.3, -0.25) is 0 Å². The highest BCUT2D eigenvalue weighted by Gasteiger charge is 2.28. The summed E-state index contributed by atoms with van der Waals surface area (Å²) in [7, 11) is 0. The van der Waals surface area contributed by atoms with E-state index < -0.39 is 0 Å². The molecule has 1 heterocycles. The maximum Gasteiger partial charge on any atom is 0.0667 e. The van der Waals surface area contributed by atoms with E-state index in [1.807, 2.05) is 0 Å². The van der Waals surface area contributed by atoms with E-state index >= 15 is 0 Å². The van der Waals surface area contributed by atoms with Crippen LogP contribution in [-0.4, -0.2) is 48.8 Å². The molecule has 3 nitrogen and oxygen atoms in total. The molecule has 0 spiro atoms. The van der Waals surface area contributed by atoms with Gasteiger partial charge in [-0.1, -0.05) is 34.1 Å². The van der Waals surface area contributed by atoms with Crippen molar-refractivity contribution in [2.24, 2.45) is 11.3 Å². The van der Waals surface area contributed by atoms with Crippen LogP contribution in [0.15, 0.2) is 0 Å². The first kappa shape index (κ1) is 16.9. The quantitative estimate of drug-likeness (QED) is 0.711. The maximum atomic E-state index is 9.80. The van der Waals surface area contributed by atoms with Crippen molar-refractivity contribution in [1.29, 1.82) is 0 Å². The number of aliphatic hydroxyl groups is 1. The Bertz CT molecular complexity index is 245. The minimum absolute atomic E-state index is 0.108. The average molecular weight is 270 g/mol. The molecule has 2 N–H and O–H groups in total. The molecule has 0 amide bonds. The summed E-state index contributed by atoms with van der Waals surface area (Å²) in [5, 5.41) is 13.4. The Morgan fingerprint density at radius 2 is 2.16 bits per heavy atom. The number of aliphatic hydroxyl groups excluding tert-OH is 1. The van der Waals surface area contributed by atoms with Gasteiger partial charge in [-0.15, -0.1) is 0 Å². The van der Waals surface area contributed by atoms with Crippen LogP contribution in [-0.2, 0) is 0 Å². The van der Waals surface area contributed by atoms with Crippen molar-refractivity contribution in [1.82, 2.24) is 10.2 Å². The zero-order chi connectivity index (χ0) is 14.3. The minimum atomic E-state index is -0.108. The molecule has 2 unspecified atom stereocenters. The number of hydrogen-bond donors (Lipinski definition) is 2. The third-order valence-electron chi connectivity index (χ3n) is 4.04. The van der Waals surface area contributed by atoms with E-state index in [4.69, 9.17) is 0 Å². The van der Waals surface area contributed by atoms with Gasteiger partial charge in [0, 0.05) is 19.6 Å². The normalized spacial score (nSPS) is 24.6. The number of rotatable bonds is 8. The molecule has 1 fully saturated rings. The van der Waals surface area contributed by atoms with E-state index in [1.54, 1.807) is 0 Å². The molecule has 0 saturated carbocycles. The van der Waals surface area contributed by atoms with Crippen LogP contribution in [0.1, 0.15) is 53.4 Å². The lowest BCUT2D eigenvalue weighted by molar-refractivity contribution is 0.0442. The van der Waals surface area contributed by atoms with Gasteiger partial charge in [-0.05, 0) is 43.7 Å². The Labute approximate surface area is 119 Å². The highest BCUT2D eigenvalue weighted by atomic mass is 16.3. The summed E-state index contributed by atoms with van der Waals surface area (Å²) >= 11 is 0. The molecule has 0 aromatic heterocycles. The average Bonchev–Trinajstić information content (AvgIpc) is 2.28. The molecule has 0 aliphatic carbocycles. The number of β-amino-alcohol motifs (C(OH)–C–C–N with tert-alkyl or cyclic N) is 1. The van der Waals surface area contributed by atoms with Crippen molar-refractivity contribution < 1.29 is 5.11 Å². The summed E-state index contributed by atoms with van der Waals surface area (Å²) < 4.78 is 0. The first-order chi connectivity index (χ1) is 8.95. The largest absolute Gasteiger partial charge is 0.392 e. The van der Waals surface area contributed by atoms with E-state index in [9.17, 15) is 5.11 Å². The third kappa shape index (κ3) is 6.73. The fourth-order valence-corrected chi connectivity index (χ4v) is 3.20. The predicted octanol–water partition coefficient (Wildman–Crippen LogP) is 2.50. The molecule has 0 bridgehead atoms. The van der Waals surface area contributed by atoms with Crippen LogP contribution in [0, 0.1) is 11.3 Å². The molecule has 19 heavy (non-hydrogen) atoms. The zero-order valence-corrected chi connectivity index (χ0v) is 13.4. The molecule has 1 aliphatic heterocycles. The molecule has 3 heteroatoms. The molecule has 0 aromatic carbocycles. The fraction of sp³-hybridized carbons (Fsp3) is 1.00. The van der Waals surface area contributed by atoms with E-state index in [0.29, 0.717) is 11.3 Å². The van der Waals surface area contributed by atoms with E-state index in [-0.39, 0.29) is 6.10 Å². The Morgan fingerprint density at radius 3 is 2.74 bits per heavy atom. The van der Waals surface area contributed by atoms with Crippen LogP contribution in [0.5, 0.6) is 0 Å². The molecule has 1 rings (SSSR count). The molecule has 1 saturated heterocycles. The highest BCUT2D eigenvalue weighted by molar-refractivity contribution is 4.83. The van der Waals surface area contributed by atoms with Gasteiger partial charge < -0.3 is 15.3 Å². The van der Waals surface area contributed by atoms with Gasteiger partial charge in [-0.25, -0.2) is 0 Å². The highest BCUT2D eigenvalue weighted by Crippen LogP contribution is 2.25. The van der Waals surface area contributed by atoms with Crippen molar-refractivity contribution >= 4 is 0 Å². The number of nitrogens with one attached hydrogen (secondary N) is 1. The number of hydrogen-bond acceptors (Lipinski definition) is 3. The minimum Gasteiger partial charge on any atom is -0.392 e. The zero-order valence-electron chi connectivity index (χ0n) is 13.4. The first-order valence-corrected chi connectivity index (χ1v) is 8.06. The molecule has 0 radical (unpaired) electrons. The second kappa shape index (κ2) is 8.23. The summed E-state index contributed by atoms with van der Waals surface area (Å²) in [4.78, 5) is 2.46. The number of nitrogens with zero attached hydrogens (tertiary/aromatic N) is 1. The van der Waals surface area contributed by atoms with Crippen LogP contribution < -0.4 is 5.32 Å². The van der Waals surface area contributed by atoms with Crippen molar-refractivity contribution in [3.63, 3.8) is 0 Å². The van der Waals surface area contributed by atoms with E-state index in [2.05, 4.69) is 37.9 Å². The number of likely N-dealkylation sites (tertiary alicyclic amines) is 1. The van der Waals surface area contributed by atoms with Crippen molar-refractivity contribution in [2.45, 2.75) is 59.5 Å². The molecule has 0 aromatic rings. The second-order valence-electron chi connectivity index (χ2n) is 7.12. The van der Waals surface area contributed by atoms with Gasteiger partial charge in [0.2, 0.25) is 0 Å². The van der Waals surface area contributed by atoms with Gasteiger partial charge in [0.15, 0.2) is 0 Å². The van der Waals surface area contributed by atoms with Gasteiger partial charge >= 0.3 is 0 Å². The Hall–Kier alpha value is -0.120. The standard InChI is InChI=1S/C16H34N2O/c1-5-8-16(4,12-17-10-14(2)3)13-18-9-6-7-15(19)11-18/h14-15,17,19H,5-13H2,1-4H3. The van der Waals surface area contributed by atoms with Crippen LogP contribution in [0.2, 0.25) is 0 Å². The maximum absolute atomic E-state index is 9.80. The smallest absolute Gasteiger partial charge is 0.0667 e. The van der Waals surface area contributed by atoms with Crippen LogP contribution in [0.25, 0.3) is 0 Å². The van der Waals surface area contributed by atoms with E-state index in [1.165, 1.54) is 12.8 Å².